The average molecular weight is 348 g/mol. The molecule has 2 aliphatic rings. The summed E-state index contributed by atoms with van der Waals surface area (Å²) in [5.74, 6) is 0.216. The van der Waals surface area contributed by atoms with Crippen LogP contribution in [0.1, 0.15) is 41.6 Å². The molecule has 0 bridgehead atoms. The van der Waals surface area contributed by atoms with Crippen molar-refractivity contribution in [3.05, 3.63) is 29.3 Å². The van der Waals surface area contributed by atoms with Gasteiger partial charge in [0.2, 0.25) is 5.91 Å². The molecular formula is C18H24N2O5. The molecule has 1 aliphatic carbocycles. The van der Waals surface area contributed by atoms with E-state index in [-0.39, 0.29) is 17.9 Å². The molecular weight excluding hydrogens is 324 g/mol. The number of hydrogen-bond donors (Lipinski definition) is 2. The normalized spacial score (nSPS) is 23.2. The molecule has 1 aliphatic heterocycles. The quantitative estimate of drug-likeness (QED) is 0.642. The highest BCUT2D eigenvalue weighted by Gasteiger charge is 2.30. The van der Waals surface area contributed by atoms with Gasteiger partial charge in [-0.1, -0.05) is 6.07 Å². The van der Waals surface area contributed by atoms with Crippen molar-refractivity contribution in [2.24, 2.45) is 5.92 Å². The summed E-state index contributed by atoms with van der Waals surface area (Å²) in [5.41, 5.74) is 2.80. The van der Waals surface area contributed by atoms with Crippen molar-refractivity contribution in [1.82, 2.24) is 10.4 Å². The minimum Gasteiger partial charge on any atom is -0.491 e. The van der Waals surface area contributed by atoms with Crippen LogP contribution in [0.3, 0.4) is 0 Å². The lowest BCUT2D eigenvalue weighted by molar-refractivity contribution is -0.138. The Balaban J connectivity index is 1.69. The third-order valence-electron chi connectivity index (χ3n) is 5.08. The molecule has 1 heterocycles. The summed E-state index contributed by atoms with van der Waals surface area (Å²) in [4.78, 5) is 26.2. The largest absolute Gasteiger partial charge is 0.491 e. The Hall–Kier alpha value is -2.12. The first-order chi connectivity index (χ1) is 12.1. The van der Waals surface area contributed by atoms with Gasteiger partial charge in [0.1, 0.15) is 12.4 Å². The molecule has 136 valence electrons. The van der Waals surface area contributed by atoms with Crippen LogP contribution in [0.4, 0.5) is 0 Å². The topological polar surface area (TPSA) is 88.1 Å². The van der Waals surface area contributed by atoms with E-state index in [1.165, 1.54) is 0 Å². The molecule has 1 saturated carbocycles. The number of nitrogens with zero attached hydrogens (tertiary/aromatic N) is 1. The molecule has 1 aromatic carbocycles. The molecule has 2 N–H and O–H groups in total. The summed E-state index contributed by atoms with van der Waals surface area (Å²) in [6.07, 6.45) is 3.84. The number of ether oxygens (including phenoxy) is 2. The second-order valence-corrected chi connectivity index (χ2v) is 6.58. The minimum atomic E-state index is -0.585. The fourth-order valence-corrected chi connectivity index (χ4v) is 3.57. The lowest BCUT2D eigenvalue weighted by atomic mass is 9.86. The number of nitrogens with one attached hydrogen (secondary N) is 1. The van der Waals surface area contributed by atoms with Gasteiger partial charge in [-0.15, -0.1) is 0 Å². The summed E-state index contributed by atoms with van der Waals surface area (Å²) in [7, 11) is 1.72. The van der Waals surface area contributed by atoms with Crippen LogP contribution in [0.5, 0.6) is 5.75 Å². The van der Waals surface area contributed by atoms with Crippen molar-refractivity contribution in [1.29, 1.82) is 0 Å². The maximum absolute atomic E-state index is 12.9. The molecule has 0 radical (unpaired) electrons. The maximum Gasteiger partial charge on any atom is 0.274 e. The van der Waals surface area contributed by atoms with Gasteiger partial charge in [0.15, 0.2) is 0 Å². The Morgan fingerprint density at radius 1 is 1.28 bits per heavy atom. The molecule has 3 rings (SSSR count). The van der Waals surface area contributed by atoms with E-state index < -0.39 is 5.91 Å². The van der Waals surface area contributed by atoms with E-state index in [1.54, 1.807) is 30.8 Å². The lowest BCUT2D eigenvalue weighted by Crippen LogP contribution is -2.39. The Kier molecular flexibility index (Phi) is 5.55. The second kappa shape index (κ2) is 7.84. The van der Waals surface area contributed by atoms with Gasteiger partial charge < -0.3 is 14.4 Å². The number of hydrogen-bond acceptors (Lipinski definition) is 5. The van der Waals surface area contributed by atoms with Crippen LogP contribution in [0.25, 0.3) is 0 Å². The van der Waals surface area contributed by atoms with Gasteiger partial charge in [-0.25, -0.2) is 5.48 Å². The molecule has 1 aromatic rings. The first-order valence-corrected chi connectivity index (χ1v) is 8.64. The number of amides is 2. The number of carbonyl (C=O) groups is 2. The smallest absolute Gasteiger partial charge is 0.274 e. The number of rotatable bonds is 3. The highest BCUT2D eigenvalue weighted by Crippen LogP contribution is 2.30. The van der Waals surface area contributed by atoms with Gasteiger partial charge in [-0.3, -0.25) is 14.8 Å². The van der Waals surface area contributed by atoms with Crippen molar-refractivity contribution < 1.29 is 24.3 Å². The van der Waals surface area contributed by atoms with E-state index in [2.05, 4.69) is 0 Å². The van der Waals surface area contributed by atoms with E-state index in [9.17, 15) is 9.59 Å². The average Bonchev–Trinajstić information content (AvgIpc) is 2.88. The van der Waals surface area contributed by atoms with Gasteiger partial charge in [0.25, 0.3) is 5.91 Å². The molecule has 0 atom stereocenters. The minimum absolute atomic E-state index is 0.0485. The molecule has 25 heavy (non-hydrogen) atoms. The molecule has 2 amide bonds. The fraction of sp³-hybridized carbons (Fsp3) is 0.556. The van der Waals surface area contributed by atoms with Crippen LogP contribution in [0, 0.1) is 5.92 Å². The Morgan fingerprint density at radius 3 is 2.72 bits per heavy atom. The highest BCUT2D eigenvalue weighted by molar-refractivity contribution is 5.93. The first-order valence-electron chi connectivity index (χ1n) is 8.64. The van der Waals surface area contributed by atoms with Crippen LogP contribution >= 0.6 is 0 Å². The van der Waals surface area contributed by atoms with Crippen molar-refractivity contribution >= 4 is 11.8 Å². The summed E-state index contributed by atoms with van der Waals surface area (Å²) in [5, 5.41) is 8.74. The Bertz CT molecular complexity index is 640. The van der Waals surface area contributed by atoms with Crippen molar-refractivity contribution in [3.63, 3.8) is 0 Å². The predicted octanol–water partition coefficient (Wildman–Crippen LogP) is 1.73. The van der Waals surface area contributed by atoms with Gasteiger partial charge in [-0.05, 0) is 37.8 Å². The molecule has 7 nitrogen and oxygen atoms in total. The van der Waals surface area contributed by atoms with E-state index in [0.29, 0.717) is 31.0 Å². The molecule has 1 fully saturated rings. The number of fused-ring (bicyclic) bond motifs is 1. The van der Waals surface area contributed by atoms with Gasteiger partial charge in [-0.2, -0.15) is 0 Å². The highest BCUT2D eigenvalue weighted by atomic mass is 16.5. The van der Waals surface area contributed by atoms with Crippen LogP contribution in [0.15, 0.2) is 18.2 Å². The standard InChI is InChI=1S/C18H24N2O5/c1-24-15-6-4-12(5-7-15)18(22)20-8-9-25-16-10-13(17(21)19-23)2-3-14(16)11-20/h2-3,10,12,15,23H,4-9,11H2,1H3,(H,19,21). The second-order valence-electron chi connectivity index (χ2n) is 6.58. The molecule has 7 heteroatoms. The Morgan fingerprint density at radius 2 is 2.04 bits per heavy atom. The third kappa shape index (κ3) is 3.93. The van der Waals surface area contributed by atoms with Gasteiger partial charge in [0, 0.05) is 30.7 Å². The Labute approximate surface area is 146 Å². The van der Waals surface area contributed by atoms with Crippen LogP contribution in [-0.4, -0.2) is 48.3 Å². The first kappa shape index (κ1) is 17.7. The summed E-state index contributed by atoms with van der Waals surface area (Å²) in [6, 6.07) is 4.98. The molecule has 0 saturated heterocycles. The van der Waals surface area contributed by atoms with Gasteiger partial charge in [0.05, 0.1) is 12.6 Å². The molecule has 0 unspecified atom stereocenters. The molecule has 0 spiro atoms. The number of hydroxylamine groups is 1. The fourth-order valence-electron chi connectivity index (χ4n) is 3.57. The summed E-state index contributed by atoms with van der Waals surface area (Å²) >= 11 is 0. The van der Waals surface area contributed by atoms with Crippen molar-refractivity contribution in [2.75, 3.05) is 20.3 Å². The van der Waals surface area contributed by atoms with E-state index in [0.717, 1.165) is 31.2 Å². The number of benzene rings is 1. The molecule has 0 aromatic heterocycles. The van der Waals surface area contributed by atoms with E-state index >= 15 is 0 Å². The number of carbonyl (C=O) groups excluding carboxylic acids is 2. The third-order valence-corrected chi connectivity index (χ3v) is 5.08. The number of methoxy groups -OCH3 is 1. The zero-order valence-electron chi connectivity index (χ0n) is 14.4. The van der Waals surface area contributed by atoms with Gasteiger partial charge >= 0.3 is 0 Å². The predicted molar refractivity (Wildman–Crippen MR) is 89.4 cm³/mol. The summed E-state index contributed by atoms with van der Waals surface area (Å²) in [6.45, 7) is 1.38. The zero-order valence-corrected chi connectivity index (χ0v) is 14.4. The van der Waals surface area contributed by atoms with Crippen LogP contribution < -0.4 is 10.2 Å². The zero-order chi connectivity index (χ0) is 17.8. The maximum atomic E-state index is 12.9. The van der Waals surface area contributed by atoms with Crippen molar-refractivity contribution in [2.45, 2.75) is 38.3 Å². The monoisotopic (exact) mass is 348 g/mol. The van der Waals surface area contributed by atoms with Crippen LogP contribution in [0.2, 0.25) is 0 Å². The van der Waals surface area contributed by atoms with E-state index in [1.807, 2.05) is 4.90 Å². The summed E-state index contributed by atoms with van der Waals surface area (Å²) < 4.78 is 11.1. The SMILES string of the molecule is COC1CCC(C(=O)N2CCOc3cc(C(=O)NO)ccc3C2)CC1. The van der Waals surface area contributed by atoms with Crippen molar-refractivity contribution in [3.8, 4) is 5.75 Å². The van der Waals surface area contributed by atoms with Crippen LogP contribution in [-0.2, 0) is 16.1 Å². The lowest BCUT2D eigenvalue weighted by Gasteiger charge is -2.31. The van der Waals surface area contributed by atoms with E-state index in [4.69, 9.17) is 14.7 Å².